The van der Waals surface area contributed by atoms with Gasteiger partial charge in [-0.15, -0.1) is 10.2 Å². The molecule has 1 amide bonds. The highest BCUT2D eigenvalue weighted by Crippen LogP contribution is 2.28. The molecule has 0 fully saturated rings. The zero-order valence-corrected chi connectivity index (χ0v) is 18.3. The first-order valence-corrected chi connectivity index (χ1v) is 11.0. The summed E-state index contributed by atoms with van der Waals surface area (Å²) >= 11 is 1.29. The molecule has 0 bridgehead atoms. The van der Waals surface area contributed by atoms with Crippen LogP contribution >= 0.6 is 11.8 Å². The number of aromatic nitrogens is 3. The number of carbonyl (C=O) groups is 1. The molecule has 0 saturated carbocycles. The summed E-state index contributed by atoms with van der Waals surface area (Å²) in [7, 11) is 0. The lowest BCUT2D eigenvalue weighted by Gasteiger charge is -2.19. The second-order valence-electron chi connectivity index (χ2n) is 7.05. The number of hydrogen-bond donors (Lipinski definition) is 0. The Hall–Kier alpha value is -3.83. The van der Waals surface area contributed by atoms with Crippen molar-refractivity contribution in [3.63, 3.8) is 0 Å². The zero-order valence-electron chi connectivity index (χ0n) is 17.5. The molecule has 0 unspecified atom stereocenters. The number of benzene rings is 2. The van der Waals surface area contributed by atoms with Gasteiger partial charge in [0.15, 0.2) is 11.0 Å². The van der Waals surface area contributed by atoms with Crippen LogP contribution < -0.4 is 4.90 Å². The molecule has 8 heteroatoms. The van der Waals surface area contributed by atoms with E-state index in [1.807, 2.05) is 78.2 Å². The average molecular weight is 444 g/mol. The monoisotopic (exact) mass is 443 g/mol. The highest BCUT2D eigenvalue weighted by atomic mass is 32.2. The predicted octanol–water partition coefficient (Wildman–Crippen LogP) is 4.54. The lowest BCUT2D eigenvalue weighted by molar-refractivity contribution is -0.116. The van der Waals surface area contributed by atoms with Crippen molar-refractivity contribution in [3.05, 3.63) is 84.3 Å². The van der Waals surface area contributed by atoms with E-state index in [0.29, 0.717) is 23.2 Å². The van der Waals surface area contributed by atoms with E-state index in [-0.39, 0.29) is 18.2 Å². The van der Waals surface area contributed by atoms with Crippen LogP contribution in [0.25, 0.3) is 11.4 Å². The second kappa shape index (κ2) is 9.98. The Morgan fingerprint density at radius 1 is 1.09 bits per heavy atom. The maximum absolute atomic E-state index is 12.9. The Kier molecular flexibility index (Phi) is 6.68. The molecule has 160 valence electrons. The summed E-state index contributed by atoms with van der Waals surface area (Å²) in [5, 5.41) is 18.6. The highest BCUT2D eigenvalue weighted by Gasteiger charge is 2.20. The Balaban J connectivity index is 1.60. The van der Waals surface area contributed by atoms with Crippen LogP contribution in [0.2, 0.25) is 0 Å². The van der Waals surface area contributed by atoms with Gasteiger partial charge in [0.25, 0.3) is 0 Å². The van der Waals surface area contributed by atoms with Crippen molar-refractivity contribution in [1.29, 1.82) is 5.26 Å². The highest BCUT2D eigenvalue weighted by molar-refractivity contribution is 7.99. The molecule has 0 radical (unpaired) electrons. The summed E-state index contributed by atoms with van der Waals surface area (Å²) < 4.78 is 7.49. The fourth-order valence-corrected chi connectivity index (χ4v) is 4.14. The third kappa shape index (κ3) is 4.74. The van der Waals surface area contributed by atoms with Crippen molar-refractivity contribution in [2.24, 2.45) is 0 Å². The normalized spacial score (nSPS) is 10.6. The van der Waals surface area contributed by atoms with E-state index in [1.54, 1.807) is 6.26 Å². The number of furan rings is 1. The predicted molar refractivity (Wildman–Crippen MR) is 123 cm³/mol. The Labute approximate surface area is 190 Å². The summed E-state index contributed by atoms with van der Waals surface area (Å²) in [5.41, 5.74) is 2.75. The molecule has 4 aromatic rings. The molecule has 32 heavy (non-hydrogen) atoms. The molecule has 2 heterocycles. The summed E-state index contributed by atoms with van der Waals surface area (Å²) in [6, 6.07) is 23.0. The van der Waals surface area contributed by atoms with E-state index in [2.05, 4.69) is 16.3 Å². The van der Waals surface area contributed by atoms with Gasteiger partial charge in [-0.2, -0.15) is 5.26 Å². The molecule has 0 saturated heterocycles. The number of rotatable bonds is 8. The van der Waals surface area contributed by atoms with E-state index in [4.69, 9.17) is 4.42 Å². The molecule has 4 rings (SSSR count). The number of amides is 1. The number of thioether (sulfide) groups is 1. The number of aryl methyl sites for hydroxylation is 1. The minimum absolute atomic E-state index is 0.0169. The fourth-order valence-electron chi connectivity index (χ4n) is 3.33. The van der Waals surface area contributed by atoms with Gasteiger partial charge < -0.3 is 4.42 Å². The average Bonchev–Trinajstić information content (AvgIpc) is 3.47. The number of anilines is 1. The Morgan fingerprint density at radius 3 is 2.59 bits per heavy atom. The van der Waals surface area contributed by atoms with E-state index >= 15 is 0 Å². The van der Waals surface area contributed by atoms with Crippen molar-refractivity contribution in [1.82, 2.24) is 14.8 Å². The van der Waals surface area contributed by atoms with Gasteiger partial charge in [0.2, 0.25) is 5.91 Å². The number of hydrogen-bond acceptors (Lipinski definition) is 6. The van der Waals surface area contributed by atoms with Crippen LogP contribution in [-0.4, -0.2) is 33.0 Å². The Bertz CT molecular complexity index is 1230. The number of nitrogens with zero attached hydrogens (tertiary/aromatic N) is 5. The summed E-state index contributed by atoms with van der Waals surface area (Å²) in [4.78, 5) is 14.4. The van der Waals surface area contributed by atoms with Crippen molar-refractivity contribution in [2.45, 2.75) is 18.6 Å². The first-order chi connectivity index (χ1) is 15.7. The van der Waals surface area contributed by atoms with Gasteiger partial charge in [-0.05, 0) is 36.8 Å². The van der Waals surface area contributed by atoms with Crippen molar-refractivity contribution >= 4 is 23.4 Å². The smallest absolute Gasteiger partial charge is 0.238 e. The largest absolute Gasteiger partial charge is 0.467 e. The van der Waals surface area contributed by atoms with Gasteiger partial charge in [-0.25, -0.2) is 0 Å². The second-order valence-corrected chi connectivity index (χ2v) is 7.99. The van der Waals surface area contributed by atoms with E-state index in [1.165, 1.54) is 16.7 Å². The molecule has 2 aromatic carbocycles. The van der Waals surface area contributed by atoms with Gasteiger partial charge in [0.1, 0.15) is 12.3 Å². The van der Waals surface area contributed by atoms with Gasteiger partial charge >= 0.3 is 0 Å². The topological polar surface area (TPSA) is 88.0 Å². The summed E-state index contributed by atoms with van der Waals surface area (Å²) in [6.45, 7) is 2.45. The lowest BCUT2D eigenvalue weighted by atomic mass is 10.1. The molecule has 0 spiro atoms. The molecular weight excluding hydrogens is 422 g/mol. The molecule has 7 nitrogen and oxygen atoms in total. The van der Waals surface area contributed by atoms with Crippen LogP contribution in [0.5, 0.6) is 0 Å². The van der Waals surface area contributed by atoms with Gasteiger partial charge in [-0.3, -0.25) is 14.3 Å². The van der Waals surface area contributed by atoms with Crippen LogP contribution in [-0.2, 0) is 11.3 Å². The molecule has 0 atom stereocenters. The summed E-state index contributed by atoms with van der Waals surface area (Å²) in [5.74, 6) is 1.43. The number of nitriles is 1. The summed E-state index contributed by atoms with van der Waals surface area (Å²) in [6.07, 6.45) is 1.63. The minimum atomic E-state index is -0.173. The quantitative estimate of drug-likeness (QED) is 0.293. The van der Waals surface area contributed by atoms with E-state index in [9.17, 15) is 10.1 Å². The van der Waals surface area contributed by atoms with Gasteiger partial charge in [0.05, 0.1) is 24.6 Å². The Morgan fingerprint density at radius 2 is 1.88 bits per heavy atom. The molecule has 0 aliphatic rings. The van der Waals surface area contributed by atoms with Crippen LogP contribution in [0.1, 0.15) is 11.3 Å². The minimum Gasteiger partial charge on any atom is -0.467 e. The number of carbonyl (C=O) groups excluding carboxylic acids is 1. The zero-order chi connectivity index (χ0) is 22.3. The van der Waals surface area contributed by atoms with Crippen LogP contribution in [0.3, 0.4) is 0 Å². The van der Waals surface area contributed by atoms with Gasteiger partial charge in [-0.1, -0.05) is 54.2 Å². The van der Waals surface area contributed by atoms with E-state index in [0.717, 1.165) is 16.9 Å². The third-order valence-electron chi connectivity index (χ3n) is 4.92. The molecule has 0 N–H and O–H groups in total. The third-order valence-corrected chi connectivity index (χ3v) is 5.87. The first kappa shape index (κ1) is 21.4. The lowest BCUT2D eigenvalue weighted by Crippen LogP contribution is -2.32. The van der Waals surface area contributed by atoms with Crippen molar-refractivity contribution in [2.75, 3.05) is 17.2 Å². The first-order valence-electron chi connectivity index (χ1n) is 10.0. The van der Waals surface area contributed by atoms with Crippen LogP contribution in [0.4, 0.5) is 5.69 Å². The van der Waals surface area contributed by atoms with Gasteiger partial charge in [0, 0.05) is 11.3 Å². The maximum atomic E-state index is 12.9. The standard InChI is InChI=1S/C24H21N5O2S/c1-18-8-5-6-12-21(18)23-26-27-24(29(23)16-20-11-7-15-31-20)32-17-22(30)28(14-13-25)19-9-3-2-4-10-19/h2-12,15H,14,16-17H2,1H3. The van der Waals surface area contributed by atoms with E-state index < -0.39 is 0 Å². The fraction of sp³-hybridized carbons (Fsp3) is 0.167. The molecular formula is C24H21N5O2S. The van der Waals surface area contributed by atoms with Crippen molar-refractivity contribution < 1.29 is 9.21 Å². The molecule has 0 aliphatic heterocycles. The van der Waals surface area contributed by atoms with Crippen LogP contribution in [0, 0.1) is 18.3 Å². The van der Waals surface area contributed by atoms with Crippen LogP contribution in [0.15, 0.2) is 82.6 Å². The SMILES string of the molecule is Cc1ccccc1-c1nnc(SCC(=O)N(CC#N)c2ccccc2)n1Cc1ccco1. The molecule has 0 aliphatic carbocycles. The number of para-hydroxylation sites is 1. The van der Waals surface area contributed by atoms with Crippen molar-refractivity contribution in [3.8, 4) is 17.5 Å². The molecule has 2 aromatic heterocycles. The maximum Gasteiger partial charge on any atom is 0.238 e.